The average Bonchev–Trinajstić information content (AvgIpc) is 2.57. The molecule has 1 aromatic carbocycles. The largest absolute Gasteiger partial charge is 0.353 e. The van der Waals surface area contributed by atoms with Crippen molar-refractivity contribution in [2.75, 3.05) is 18.5 Å². The van der Waals surface area contributed by atoms with Crippen LogP contribution < -0.4 is 5.32 Å². The van der Waals surface area contributed by atoms with E-state index >= 15 is 0 Å². The normalized spacial score (nSPS) is 10.5. The second kappa shape index (κ2) is 3.43. The smallest absolute Gasteiger partial charge is 0.201 e. The van der Waals surface area contributed by atoms with Gasteiger partial charge in [0, 0.05) is 6.54 Å². The summed E-state index contributed by atoms with van der Waals surface area (Å²) in [6, 6.07) is 8.39. The molecule has 2 aromatic rings. The summed E-state index contributed by atoms with van der Waals surface area (Å²) in [5.74, 6) is 0.604. The fourth-order valence-electron chi connectivity index (χ4n) is 1.15. The maximum atomic E-state index is 11.8. The van der Waals surface area contributed by atoms with E-state index in [0.717, 1.165) is 11.0 Å². The summed E-state index contributed by atoms with van der Waals surface area (Å²) in [7, 11) is 0. The van der Waals surface area contributed by atoms with Gasteiger partial charge >= 0.3 is 0 Å². The zero-order valence-corrected chi connectivity index (χ0v) is 6.97. The van der Waals surface area contributed by atoms with Crippen LogP contribution in [0.15, 0.2) is 18.2 Å². The summed E-state index contributed by atoms with van der Waals surface area (Å²) in [4.78, 5) is 7.21. The molecule has 0 bridgehead atoms. The van der Waals surface area contributed by atoms with E-state index in [1.165, 1.54) is 0 Å². The molecule has 0 atom stereocenters. The van der Waals surface area contributed by atoms with Crippen LogP contribution in [0.25, 0.3) is 11.0 Å². The molecule has 2 N–H and O–H groups in total. The van der Waals surface area contributed by atoms with E-state index in [1.807, 2.05) is 12.1 Å². The van der Waals surface area contributed by atoms with E-state index in [0.29, 0.717) is 5.95 Å². The van der Waals surface area contributed by atoms with Crippen molar-refractivity contribution in [3.63, 3.8) is 0 Å². The summed E-state index contributed by atoms with van der Waals surface area (Å²) < 4.78 is 11.8. The zero-order valence-electron chi connectivity index (χ0n) is 6.97. The predicted molar refractivity (Wildman–Crippen MR) is 49.4 cm³/mol. The summed E-state index contributed by atoms with van der Waals surface area (Å²) in [6.07, 6.45) is 0. The monoisotopic (exact) mass is 178 g/mol. The lowest BCUT2D eigenvalue weighted by Gasteiger charge is -1.95. The lowest BCUT2D eigenvalue weighted by atomic mass is 10.3. The number of halogens is 1. The molecule has 0 aliphatic carbocycles. The van der Waals surface area contributed by atoms with Crippen molar-refractivity contribution in [3.8, 4) is 0 Å². The zero-order chi connectivity index (χ0) is 9.10. The number of hydrogen-bond donors (Lipinski definition) is 2. The first-order valence-electron chi connectivity index (χ1n) is 4.06. The van der Waals surface area contributed by atoms with Crippen LogP contribution in [0, 0.1) is 6.07 Å². The van der Waals surface area contributed by atoms with Gasteiger partial charge in [0.25, 0.3) is 0 Å². The molecule has 0 spiro atoms. The molecular weight excluding hydrogens is 169 g/mol. The number of benzene rings is 1. The van der Waals surface area contributed by atoms with Crippen molar-refractivity contribution < 1.29 is 4.39 Å². The molecule has 1 heterocycles. The molecule has 0 saturated carbocycles. The maximum absolute atomic E-state index is 11.8. The first kappa shape index (κ1) is 8.04. The molecule has 0 amide bonds. The van der Waals surface area contributed by atoms with E-state index in [-0.39, 0.29) is 6.54 Å². The number of fused-ring (bicyclic) bond motifs is 1. The lowest BCUT2D eigenvalue weighted by molar-refractivity contribution is 0.512. The highest BCUT2D eigenvalue weighted by Gasteiger charge is 1.99. The molecule has 67 valence electrons. The first-order valence-corrected chi connectivity index (χ1v) is 4.06. The lowest BCUT2D eigenvalue weighted by Crippen LogP contribution is -2.03. The van der Waals surface area contributed by atoms with Crippen molar-refractivity contribution in [1.82, 2.24) is 9.97 Å². The van der Waals surface area contributed by atoms with Crippen molar-refractivity contribution in [3.05, 3.63) is 24.3 Å². The van der Waals surface area contributed by atoms with Crippen LogP contribution in [0.3, 0.4) is 0 Å². The highest BCUT2D eigenvalue weighted by molar-refractivity contribution is 5.76. The number of rotatable bonds is 3. The van der Waals surface area contributed by atoms with Crippen molar-refractivity contribution >= 4 is 17.0 Å². The standard InChI is InChI=1S/C9H9FN3/c10-5-6-11-9-12-7-3-1-2-4-8(7)13-9/h1,3-4H,5-6H2,(H2,11,12,13). The number of aromatic nitrogens is 2. The maximum Gasteiger partial charge on any atom is 0.201 e. The summed E-state index contributed by atoms with van der Waals surface area (Å²) in [6.45, 7) is -0.118. The van der Waals surface area contributed by atoms with Gasteiger partial charge in [0.05, 0.1) is 11.0 Å². The van der Waals surface area contributed by atoms with Gasteiger partial charge in [0.15, 0.2) is 0 Å². The molecular formula is C9H9FN3. The van der Waals surface area contributed by atoms with E-state index in [2.05, 4.69) is 21.4 Å². The van der Waals surface area contributed by atoms with Crippen LogP contribution in [0.5, 0.6) is 0 Å². The summed E-state index contributed by atoms with van der Waals surface area (Å²) in [5.41, 5.74) is 1.77. The topological polar surface area (TPSA) is 40.7 Å². The van der Waals surface area contributed by atoms with Gasteiger partial charge in [-0.25, -0.2) is 9.37 Å². The number of nitrogens with one attached hydrogen (secondary N) is 2. The Bertz CT molecular complexity index is 363. The Morgan fingerprint density at radius 3 is 3.31 bits per heavy atom. The quantitative estimate of drug-likeness (QED) is 0.751. The summed E-state index contributed by atoms with van der Waals surface area (Å²) >= 11 is 0. The van der Waals surface area contributed by atoms with Crippen LogP contribution in [0.2, 0.25) is 0 Å². The predicted octanol–water partition coefficient (Wildman–Crippen LogP) is 1.74. The van der Waals surface area contributed by atoms with Crippen molar-refractivity contribution in [2.45, 2.75) is 0 Å². The van der Waals surface area contributed by atoms with Gasteiger partial charge in [-0.05, 0) is 18.2 Å². The van der Waals surface area contributed by atoms with Gasteiger partial charge in [-0.15, -0.1) is 0 Å². The van der Waals surface area contributed by atoms with Gasteiger partial charge in [0.1, 0.15) is 6.67 Å². The first-order chi connectivity index (χ1) is 6.40. The molecule has 3 nitrogen and oxygen atoms in total. The van der Waals surface area contributed by atoms with Gasteiger partial charge in [-0.1, -0.05) is 6.07 Å². The minimum atomic E-state index is -0.400. The summed E-state index contributed by atoms with van der Waals surface area (Å²) in [5, 5.41) is 2.83. The third-order valence-electron chi connectivity index (χ3n) is 1.71. The highest BCUT2D eigenvalue weighted by Crippen LogP contribution is 2.12. The molecule has 0 aliphatic heterocycles. The Balaban J connectivity index is 2.28. The van der Waals surface area contributed by atoms with Gasteiger partial charge in [-0.3, -0.25) is 0 Å². The molecule has 13 heavy (non-hydrogen) atoms. The Kier molecular flexibility index (Phi) is 2.12. The Morgan fingerprint density at radius 1 is 1.62 bits per heavy atom. The van der Waals surface area contributed by atoms with Gasteiger partial charge in [-0.2, -0.15) is 0 Å². The second-order valence-corrected chi connectivity index (χ2v) is 2.64. The molecule has 0 fully saturated rings. The number of H-pyrrole nitrogens is 1. The van der Waals surface area contributed by atoms with E-state index in [1.54, 1.807) is 6.07 Å². The number of anilines is 1. The molecule has 0 saturated heterocycles. The minimum Gasteiger partial charge on any atom is -0.353 e. The molecule has 0 aliphatic rings. The Morgan fingerprint density at radius 2 is 2.54 bits per heavy atom. The van der Waals surface area contributed by atoms with Crippen LogP contribution in [-0.4, -0.2) is 23.2 Å². The molecule has 0 unspecified atom stereocenters. The SMILES string of the molecule is FCCNc1nc2cc[c]cc2[nH]1. The van der Waals surface area contributed by atoms with E-state index in [4.69, 9.17) is 0 Å². The third kappa shape index (κ3) is 1.61. The fourth-order valence-corrected chi connectivity index (χ4v) is 1.15. The van der Waals surface area contributed by atoms with Crippen LogP contribution in [-0.2, 0) is 0 Å². The number of alkyl halides is 1. The average molecular weight is 178 g/mol. The van der Waals surface area contributed by atoms with Gasteiger partial charge < -0.3 is 10.3 Å². The van der Waals surface area contributed by atoms with Crippen LogP contribution >= 0.6 is 0 Å². The number of hydrogen-bond acceptors (Lipinski definition) is 2. The van der Waals surface area contributed by atoms with Crippen molar-refractivity contribution in [2.24, 2.45) is 0 Å². The van der Waals surface area contributed by atoms with E-state index in [9.17, 15) is 4.39 Å². The minimum absolute atomic E-state index is 0.281. The number of nitrogens with zero attached hydrogens (tertiary/aromatic N) is 1. The fraction of sp³-hybridized carbons (Fsp3) is 0.222. The number of imidazole rings is 1. The highest BCUT2D eigenvalue weighted by atomic mass is 19.1. The van der Waals surface area contributed by atoms with Gasteiger partial charge in [0.2, 0.25) is 5.95 Å². The molecule has 2 rings (SSSR count). The third-order valence-corrected chi connectivity index (χ3v) is 1.71. The molecule has 1 radical (unpaired) electrons. The van der Waals surface area contributed by atoms with Crippen molar-refractivity contribution in [1.29, 1.82) is 0 Å². The van der Waals surface area contributed by atoms with E-state index < -0.39 is 6.67 Å². The molecule has 1 aromatic heterocycles. The van der Waals surface area contributed by atoms with Crippen LogP contribution in [0.1, 0.15) is 0 Å². The van der Waals surface area contributed by atoms with Crippen LogP contribution in [0.4, 0.5) is 10.3 Å². The Hall–Kier alpha value is -1.58. The molecule has 4 heteroatoms. The number of aromatic amines is 1. The second-order valence-electron chi connectivity index (χ2n) is 2.64. The Labute approximate surface area is 75.0 Å².